The first-order chi connectivity index (χ1) is 20.5. The molecule has 0 aromatic carbocycles. The van der Waals surface area contributed by atoms with Gasteiger partial charge in [0, 0.05) is 24.6 Å². The average molecular weight is 663 g/mol. The standard InChI is InChI=1S/C28H46N4O10S2/c1-27(2,3)41-25(37)31-13-9-11-19(31)21(33)29-17(23(35)39-7)15-43-44-16-18(24(36)40-8)30-22(34)20-12-10-14-32(20)26(38)42-28(4,5)6/h17-20H,9-16H2,1-8H3,(H,29,33)(H,30,34)/t17-,18-,19-,20-/m0/s1. The fourth-order valence-corrected chi connectivity index (χ4v) is 6.84. The molecule has 4 amide bonds. The first kappa shape index (κ1) is 37.3. The number of methoxy groups -OCH3 is 2. The summed E-state index contributed by atoms with van der Waals surface area (Å²) in [4.78, 5) is 79.1. The molecular weight excluding hydrogens is 616 g/mol. The maximum Gasteiger partial charge on any atom is 0.410 e. The Balaban J connectivity index is 1.96. The molecule has 2 fully saturated rings. The van der Waals surface area contributed by atoms with E-state index in [1.54, 1.807) is 41.5 Å². The first-order valence-electron chi connectivity index (χ1n) is 14.5. The highest BCUT2D eigenvalue weighted by atomic mass is 33.1. The zero-order valence-corrected chi connectivity index (χ0v) is 28.4. The number of rotatable bonds is 11. The lowest BCUT2D eigenvalue weighted by Crippen LogP contribution is -2.52. The molecule has 0 spiro atoms. The van der Waals surface area contributed by atoms with Gasteiger partial charge in [0.15, 0.2) is 0 Å². The van der Waals surface area contributed by atoms with Crippen molar-refractivity contribution in [1.82, 2.24) is 20.4 Å². The molecular formula is C28H46N4O10S2. The van der Waals surface area contributed by atoms with Crippen molar-refractivity contribution in [3.05, 3.63) is 0 Å². The fourth-order valence-electron chi connectivity index (χ4n) is 4.55. The number of carbonyl (C=O) groups is 6. The molecule has 16 heteroatoms. The minimum Gasteiger partial charge on any atom is -0.467 e. The number of amides is 4. The number of likely N-dealkylation sites (tertiary alicyclic amines) is 2. The van der Waals surface area contributed by atoms with Crippen LogP contribution in [0, 0.1) is 0 Å². The largest absolute Gasteiger partial charge is 0.467 e. The molecule has 44 heavy (non-hydrogen) atoms. The van der Waals surface area contributed by atoms with Crippen molar-refractivity contribution in [3.8, 4) is 0 Å². The van der Waals surface area contributed by atoms with Gasteiger partial charge in [0.2, 0.25) is 11.8 Å². The van der Waals surface area contributed by atoms with Crippen LogP contribution in [-0.4, -0.2) is 120 Å². The molecule has 0 saturated carbocycles. The third-order valence-electron chi connectivity index (χ3n) is 6.52. The molecule has 4 atom stereocenters. The molecule has 2 rings (SSSR count). The van der Waals surface area contributed by atoms with Gasteiger partial charge in [-0.2, -0.15) is 0 Å². The second-order valence-corrected chi connectivity index (χ2v) is 15.0. The van der Waals surface area contributed by atoms with E-state index in [9.17, 15) is 28.8 Å². The van der Waals surface area contributed by atoms with Gasteiger partial charge < -0.3 is 29.6 Å². The summed E-state index contributed by atoms with van der Waals surface area (Å²) in [6, 6.07) is -3.63. The summed E-state index contributed by atoms with van der Waals surface area (Å²) in [5, 5.41) is 5.34. The number of esters is 2. The SMILES string of the molecule is COC(=O)[C@H](CSSC[C@H](NC(=O)[C@@H]1CCCN1C(=O)OC(C)(C)C)C(=O)OC)NC(=O)[C@@H]1CCCN1C(=O)OC(C)(C)C. The second-order valence-electron chi connectivity index (χ2n) is 12.4. The van der Waals surface area contributed by atoms with Gasteiger partial charge in [-0.3, -0.25) is 19.4 Å². The van der Waals surface area contributed by atoms with Crippen LogP contribution in [0.4, 0.5) is 9.59 Å². The van der Waals surface area contributed by atoms with Crippen LogP contribution >= 0.6 is 21.6 Å². The minimum atomic E-state index is -1.03. The molecule has 2 saturated heterocycles. The number of ether oxygens (including phenoxy) is 4. The lowest BCUT2D eigenvalue weighted by atomic mass is 10.2. The summed E-state index contributed by atoms with van der Waals surface area (Å²) in [5.41, 5.74) is -1.45. The van der Waals surface area contributed by atoms with Crippen molar-refractivity contribution < 1.29 is 47.7 Å². The van der Waals surface area contributed by atoms with Gasteiger partial charge in [0.05, 0.1) is 14.2 Å². The van der Waals surface area contributed by atoms with Crippen LogP contribution in [0.15, 0.2) is 0 Å². The Labute approximate surface area is 266 Å². The lowest BCUT2D eigenvalue weighted by Gasteiger charge is -2.29. The Morgan fingerprint density at radius 1 is 0.682 bits per heavy atom. The molecule has 0 aliphatic carbocycles. The van der Waals surface area contributed by atoms with Crippen LogP contribution in [0.1, 0.15) is 67.2 Å². The Kier molecular flexibility index (Phi) is 13.9. The smallest absolute Gasteiger partial charge is 0.410 e. The summed E-state index contributed by atoms with van der Waals surface area (Å²) in [6.45, 7) is 11.1. The van der Waals surface area contributed by atoms with Gasteiger partial charge in [-0.05, 0) is 67.2 Å². The van der Waals surface area contributed by atoms with E-state index in [0.29, 0.717) is 38.8 Å². The third-order valence-corrected chi connectivity index (χ3v) is 8.95. The quantitative estimate of drug-likeness (QED) is 0.144. The molecule has 0 aromatic heterocycles. The molecule has 0 bridgehead atoms. The molecule has 2 aliphatic heterocycles. The third kappa shape index (κ3) is 11.6. The number of nitrogens with one attached hydrogen (secondary N) is 2. The number of hydrogen-bond acceptors (Lipinski definition) is 12. The highest BCUT2D eigenvalue weighted by Crippen LogP contribution is 2.26. The Morgan fingerprint density at radius 3 is 1.32 bits per heavy atom. The van der Waals surface area contributed by atoms with E-state index in [-0.39, 0.29) is 11.5 Å². The van der Waals surface area contributed by atoms with Crippen molar-refractivity contribution in [2.45, 2.75) is 103 Å². The fraction of sp³-hybridized carbons (Fsp3) is 0.786. The molecule has 0 radical (unpaired) electrons. The van der Waals surface area contributed by atoms with E-state index in [1.807, 2.05) is 0 Å². The van der Waals surface area contributed by atoms with Crippen LogP contribution in [0.25, 0.3) is 0 Å². The average Bonchev–Trinajstić information content (AvgIpc) is 3.61. The van der Waals surface area contributed by atoms with Crippen LogP contribution in [-0.2, 0) is 38.1 Å². The Hall–Kier alpha value is -2.88. The first-order valence-corrected chi connectivity index (χ1v) is 17.0. The Bertz CT molecular complexity index is 980. The summed E-state index contributed by atoms with van der Waals surface area (Å²) in [6.07, 6.45) is 0.875. The van der Waals surface area contributed by atoms with Crippen molar-refractivity contribution >= 4 is 57.5 Å². The van der Waals surface area contributed by atoms with E-state index < -0.39 is 71.3 Å². The zero-order chi connectivity index (χ0) is 33.2. The molecule has 0 unspecified atom stereocenters. The van der Waals surface area contributed by atoms with E-state index in [2.05, 4.69) is 10.6 Å². The van der Waals surface area contributed by atoms with Gasteiger partial charge >= 0.3 is 24.1 Å². The van der Waals surface area contributed by atoms with Gasteiger partial charge in [-0.25, -0.2) is 19.2 Å². The lowest BCUT2D eigenvalue weighted by molar-refractivity contribution is -0.145. The van der Waals surface area contributed by atoms with Gasteiger partial charge in [-0.15, -0.1) is 0 Å². The molecule has 14 nitrogen and oxygen atoms in total. The van der Waals surface area contributed by atoms with E-state index in [4.69, 9.17) is 18.9 Å². The van der Waals surface area contributed by atoms with Crippen LogP contribution < -0.4 is 10.6 Å². The van der Waals surface area contributed by atoms with E-state index >= 15 is 0 Å². The number of hydrogen-bond donors (Lipinski definition) is 2. The highest BCUT2D eigenvalue weighted by Gasteiger charge is 2.39. The summed E-state index contributed by atoms with van der Waals surface area (Å²) in [7, 11) is 4.77. The van der Waals surface area contributed by atoms with Gasteiger partial charge in [0.25, 0.3) is 0 Å². The summed E-state index contributed by atoms with van der Waals surface area (Å²) < 4.78 is 20.6. The van der Waals surface area contributed by atoms with E-state index in [1.165, 1.54) is 45.6 Å². The predicted octanol–water partition coefficient (Wildman–Crippen LogP) is 2.48. The summed E-state index contributed by atoms with van der Waals surface area (Å²) >= 11 is 0. The van der Waals surface area contributed by atoms with Crippen molar-refractivity contribution in [1.29, 1.82) is 0 Å². The van der Waals surface area contributed by atoms with Crippen LogP contribution in [0.3, 0.4) is 0 Å². The summed E-state index contributed by atoms with van der Waals surface area (Å²) in [5.74, 6) is -2.18. The topological polar surface area (TPSA) is 170 Å². The monoisotopic (exact) mass is 662 g/mol. The highest BCUT2D eigenvalue weighted by molar-refractivity contribution is 8.76. The maximum absolute atomic E-state index is 13.1. The molecule has 2 heterocycles. The van der Waals surface area contributed by atoms with Crippen LogP contribution in [0.2, 0.25) is 0 Å². The molecule has 0 aromatic rings. The van der Waals surface area contributed by atoms with Crippen LogP contribution in [0.5, 0.6) is 0 Å². The Morgan fingerprint density at radius 2 is 1.02 bits per heavy atom. The van der Waals surface area contributed by atoms with Gasteiger partial charge in [-0.1, -0.05) is 21.6 Å². The second kappa shape index (κ2) is 16.4. The maximum atomic E-state index is 13.1. The number of carbonyl (C=O) groups excluding carboxylic acids is 6. The zero-order valence-electron chi connectivity index (χ0n) is 26.8. The van der Waals surface area contributed by atoms with Gasteiger partial charge in [0.1, 0.15) is 35.4 Å². The van der Waals surface area contributed by atoms with Crippen molar-refractivity contribution in [2.24, 2.45) is 0 Å². The normalized spacial score (nSPS) is 19.9. The van der Waals surface area contributed by atoms with E-state index in [0.717, 1.165) is 0 Å². The predicted molar refractivity (Wildman–Crippen MR) is 165 cm³/mol. The molecule has 2 N–H and O–H groups in total. The van der Waals surface area contributed by atoms with Crippen molar-refractivity contribution in [3.63, 3.8) is 0 Å². The minimum absolute atomic E-state index is 0.0825. The molecule has 250 valence electrons. The van der Waals surface area contributed by atoms with Crippen molar-refractivity contribution in [2.75, 3.05) is 38.8 Å². The molecule has 2 aliphatic rings. The number of nitrogens with zero attached hydrogens (tertiary/aromatic N) is 2.